The molecule has 0 unspecified atom stereocenters. The van der Waals surface area contributed by atoms with Gasteiger partial charge in [0.1, 0.15) is 5.82 Å². The van der Waals surface area contributed by atoms with Crippen LogP contribution in [0.5, 0.6) is 0 Å². The summed E-state index contributed by atoms with van der Waals surface area (Å²) in [6, 6.07) is 4.27. The third-order valence-corrected chi connectivity index (χ3v) is 5.67. The molecule has 0 atom stereocenters. The Kier molecular flexibility index (Phi) is 5.10. The second-order valence-electron chi connectivity index (χ2n) is 8.40. The van der Waals surface area contributed by atoms with Crippen molar-refractivity contribution in [2.75, 3.05) is 13.1 Å². The third-order valence-electron chi connectivity index (χ3n) is 5.67. The molecule has 0 aliphatic carbocycles. The number of carbonyl (C=O) groups is 1. The van der Waals surface area contributed by atoms with Crippen molar-refractivity contribution in [3.8, 4) is 0 Å². The van der Waals surface area contributed by atoms with Gasteiger partial charge in [-0.25, -0.2) is 13.2 Å². The molecule has 0 radical (unpaired) electrons. The molecule has 2 aliphatic heterocycles. The second kappa shape index (κ2) is 6.81. The summed E-state index contributed by atoms with van der Waals surface area (Å²) in [4.78, 5) is 13.6. The van der Waals surface area contributed by atoms with Crippen LogP contribution in [0.15, 0.2) is 18.2 Å². The van der Waals surface area contributed by atoms with E-state index in [1.165, 1.54) is 23.1 Å². The van der Waals surface area contributed by atoms with Crippen molar-refractivity contribution < 1.29 is 27.3 Å². The fraction of sp³-hybridized carbons (Fsp3) is 0.632. The van der Waals surface area contributed by atoms with E-state index in [-0.39, 0.29) is 30.6 Å². The summed E-state index contributed by atoms with van der Waals surface area (Å²) in [5.41, 5.74) is -0.479. The maximum Gasteiger partial charge on any atom is 0.497 e. The van der Waals surface area contributed by atoms with Crippen molar-refractivity contribution in [1.29, 1.82) is 0 Å². The van der Waals surface area contributed by atoms with Gasteiger partial charge in [0.2, 0.25) is 5.91 Å². The standard InChI is InChI=1S/C19H25BF3NO3/c1-17(2)18(3,4)27-20(26-17)14-10-13(6-7-15(14)21)11-16(25)24-9-5-8-19(22,23)12-24/h6-7,10H,5,8-9,11-12H2,1-4H3. The Morgan fingerprint density at radius 3 is 2.41 bits per heavy atom. The van der Waals surface area contributed by atoms with Crippen LogP contribution in [0.1, 0.15) is 46.1 Å². The minimum Gasteiger partial charge on any atom is -0.399 e. The lowest BCUT2D eigenvalue weighted by molar-refractivity contribution is -0.140. The number of carbonyl (C=O) groups excluding carboxylic acids is 1. The summed E-state index contributed by atoms with van der Waals surface area (Å²) in [6.45, 7) is 7.24. The molecule has 148 valence electrons. The van der Waals surface area contributed by atoms with E-state index in [1.54, 1.807) is 0 Å². The molecule has 0 aromatic heterocycles. The highest BCUT2D eigenvalue weighted by Crippen LogP contribution is 2.36. The molecule has 0 saturated carbocycles. The van der Waals surface area contributed by atoms with Crippen molar-refractivity contribution in [3.05, 3.63) is 29.6 Å². The smallest absolute Gasteiger partial charge is 0.399 e. The SMILES string of the molecule is CC1(C)OB(c2cc(CC(=O)N3CCCC(F)(F)C3)ccc2F)OC1(C)C. The van der Waals surface area contributed by atoms with Crippen molar-refractivity contribution in [3.63, 3.8) is 0 Å². The van der Waals surface area contributed by atoms with Crippen LogP contribution in [-0.4, -0.2) is 48.1 Å². The number of nitrogens with zero attached hydrogens (tertiary/aromatic N) is 1. The van der Waals surface area contributed by atoms with E-state index in [4.69, 9.17) is 9.31 Å². The van der Waals surface area contributed by atoms with Crippen LogP contribution in [-0.2, 0) is 20.5 Å². The molecule has 27 heavy (non-hydrogen) atoms. The van der Waals surface area contributed by atoms with Gasteiger partial charge in [0.25, 0.3) is 5.92 Å². The molecule has 1 amide bonds. The molecule has 0 bridgehead atoms. The van der Waals surface area contributed by atoms with Crippen LogP contribution in [0.25, 0.3) is 0 Å². The van der Waals surface area contributed by atoms with Gasteiger partial charge in [0, 0.05) is 18.4 Å². The van der Waals surface area contributed by atoms with E-state index in [1.807, 2.05) is 27.7 Å². The average molecular weight is 383 g/mol. The minimum atomic E-state index is -2.84. The van der Waals surface area contributed by atoms with Gasteiger partial charge in [0.15, 0.2) is 0 Å². The Hall–Kier alpha value is -1.54. The second-order valence-corrected chi connectivity index (χ2v) is 8.40. The predicted molar refractivity (Wildman–Crippen MR) is 96.6 cm³/mol. The molecular formula is C19H25BF3NO3. The number of amides is 1. The molecule has 0 spiro atoms. The summed E-state index contributed by atoms with van der Waals surface area (Å²) in [7, 11) is -0.885. The van der Waals surface area contributed by atoms with E-state index in [0.717, 1.165) is 0 Å². The van der Waals surface area contributed by atoms with Crippen LogP contribution < -0.4 is 5.46 Å². The zero-order chi connectivity index (χ0) is 20.0. The maximum atomic E-state index is 14.4. The van der Waals surface area contributed by atoms with E-state index in [0.29, 0.717) is 12.1 Å². The zero-order valence-corrected chi connectivity index (χ0v) is 16.2. The fourth-order valence-electron chi connectivity index (χ4n) is 3.32. The molecule has 2 fully saturated rings. The van der Waals surface area contributed by atoms with E-state index in [2.05, 4.69) is 0 Å². The molecule has 2 aliphatic rings. The first-order chi connectivity index (χ1) is 12.4. The summed E-state index contributed by atoms with van der Waals surface area (Å²) in [5.74, 6) is -3.72. The number of likely N-dealkylation sites (tertiary alicyclic amines) is 1. The highest BCUT2D eigenvalue weighted by Gasteiger charge is 2.52. The van der Waals surface area contributed by atoms with Crippen molar-refractivity contribution >= 4 is 18.5 Å². The number of hydrogen-bond donors (Lipinski definition) is 0. The number of alkyl halides is 2. The molecule has 2 saturated heterocycles. The van der Waals surface area contributed by atoms with E-state index >= 15 is 0 Å². The molecule has 1 aromatic carbocycles. The fourth-order valence-corrected chi connectivity index (χ4v) is 3.32. The Bertz CT molecular complexity index is 723. The van der Waals surface area contributed by atoms with Crippen molar-refractivity contribution in [1.82, 2.24) is 4.90 Å². The van der Waals surface area contributed by atoms with E-state index < -0.39 is 36.6 Å². The average Bonchev–Trinajstić information content (AvgIpc) is 2.76. The first-order valence-corrected chi connectivity index (χ1v) is 9.20. The molecular weight excluding hydrogens is 358 g/mol. The van der Waals surface area contributed by atoms with E-state index in [9.17, 15) is 18.0 Å². The number of piperidine rings is 1. The highest BCUT2D eigenvalue weighted by molar-refractivity contribution is 6.62. The van der Waals surface area contributed by atoms with Gasteiger partial charge in [-0.3, -0.25) is 4.79 Å². The molecule has 0 N–H and O–H groups in total. The van der Waals surface area contributed by atoms with Crippen molar-refractivity contribution in [2.24, 2.45) is 0 Å². The van der Waals surface area contributed by atoms with Crippen LogP contribution in [0.4, 0.5) is 13.2 Å². The maximum absolute atomic E-state index is 14.4. The lowest BCUT2D eigenvalue weighted by Crippen LogP contribution is -2.46. The van der Waals surface area contributed by atoms with Gasteiger partial charge in [-0.15, -0.1) is 0 Å². The monoisotopic (exact) mass is 383 g/mol. The number of halogens is 3. The Morgan fingerprint density at radius 1 is 1.19 bits per heavy atom. The Morgan fingerprint density at radius 2 is 1.81 bits per heavy atom. The quantitative estimate of drug-likeness (QED) is 0.754. The normalized spacial score (nSPS) is 23.5. The molecule has 4 nitrogen and oxygen atoms in total. The minimum absolute atomic E-state index is 0.0666. The van der Waals surface area contributed by atoms with Crippen LogP contribution in [0.2, 0.25) is 0 Å². The van der Waals surface area contributed by atoms with Gasteiger partial charge in [-0.2, -0.15) is 0 Å². The lowest BCUT2D eigenvalue weighted by atomic mass is 9.77. The third kappa shape index (κ3) is 4.16. The van der Waals surface area contributed by atoms with Gasteiger partial charge >= 0.3 is 7.12 Å². The molecule has 8 heteroatoms. The molecule has 3 rings (SSSR count). The Labute approximate surface area is 158 Å². The molecule has 2 heterocycles. The van der Waals surface area contributed by atoms with Crippen molar-refractivity contribution in [2.45, 2.75) is 64.1 Å². The summed E-state index contributed by atoms with van der Waals surface area (Å²) in [5, 5.41) is 0. The number of benzene rings is 1. The Balaban J connectivity index is 1.75. The topological polar surface area (TPSA) is 38.8 Å². The van der Waals surface area contributed by atoms with Crippen LogP contribution >= 0.6 is 0 Å². The summed E-state index contributed by atoms with van der Waals surface area (Å²) >= 11 is 0. The molecule has 1 aromatic rings. The van der Waals surface area contributed by atoms with Gasteiger partial charge in [-0.05, 0) is 45.7 Å². The summed E-state index contributed by atoms with van der Waals surface area (Å²) in [6.07, 6.45) is 0.0175. The van der Waals surface area contributed by atoms with Gasteiger partial charge in [0.05, 0.1) is 24.2 Å². The van der Waals surface area contributed by atoms with Gasteiger partial charge in [-0.1, -0.05) is 12.1 Å². The lowest BCUT2D eigenvalue weighted by Gasteiger charge is -2.32. The first-order valence-electron chi connectivity index (χ1n) is 9.20. The summed E-state index contributed by atoms with van der Waals surface area (Å²) < 4.78 is 53.2. The van der Waals surface area contributed by atoms with Crippen LogP contribution in [0.3, 0.4) is 0 Å². The van der Waals surface area contributed by atoms with Gasteiger partial charge < -0.3 is 14.2 Å². The largest absolute Gasteiger partial charge is 0.497 e. The predicted octanol–water partition coefficient (Wildman–Crippen LogP) is 2.93. The first kappa shape index (κ1) is 20.2. The number of rotatable bonds is 3. The number of hydrogen-bond acceptors (Lipinski definition) is 3. The van der Waals surface area contributed by atoms with Crippen LogP contribution in [0, 0.1) is 5.82 Å². The zero-order valence-electron chi connectivity index (χ0n) is 16.2. The highest BCUT2D eigenvalue weighted by atomic mass is 19.3.